The first-order valence-corrected chi connectivity index (χ1v) is 16.0. The van der Waals surface area contributed by atoms with E-state index in [0.29, 0.717) is 0 Å². The highest BCUT2D eigenvalue weighted by Crippen LogP contribution is 2.50. The Labute approximate surface area is 271 Å². The van der Waals surface area contributed by atoms with Crippen molar-refractivity contribution in [2.45, 2.75) is 0 Å². The van der Waals surface area contributed by atoms with Crippen LogP contribution in [0, 0.1) is 0 Å². The summed E-state index contributed by atoms with van der Waals surface area (Å²) in [5, 5.41) is 9.40. The number of fused-ring (bicyclic) bond motifs is 8. The van der Waals surface area contributed by atoms with E-state index < -0.39 is 0 Å². The van der Waals surface area contributed by atoms with Gasteiger partial charge in [-0.2, -0.15) is 0 Å². The molecule has 0 aliphatic heterocycles. The number of rotatable bonds is 4. The van der Waals surface area contributed by atoms with E-state index in [1.165, 1.54) is 32.4 Å². The van der Waals surface area contributed by atoms with Gasteiger partial charge in [0.15, 0.2) is 0 Å². The predicted octanol–water partition coefficient (Wildman–Crippen LogP) is 12.5. The van der Waals surface area contributed by atoms with Gasteiger partial charge < -0.3 is 13.9 Å². The molecule has 0 amide bonds. The highest BCUT2D eigenvalue weighted by atomic mass is 16.3. The molecule has 8 aromatic carbocycles. The Morgan fingerprint density at radius 1 is 0.426 bits per heavy atom. The van der Waals surface area contributed by atoms with Crippen LogP contribution in [0.4, 0.5) is 17.1 Å². The number of hydrogen-bond donors (Lipinski definition) is 0. The molecule has 0 unspecified atom stereocenters. The minimum absolute atomic E-state index is 0.881. The lowest BCUT2D eigenvalue weighted by Gasteiger charge is -2.28. The van der Waals surface area contributed by atoms with Crippen LogP contribution >= 0.6 is 0 Å². The second-order valence-electron chi connectivity index (χ2n) is 12.1. The zero-order chi connectivity index (χ0) is 30.9. The minimum atomic E-state index is 0.881. The molecule has 10 rings (SSSR count). The SMILES string of the molecule is c1ccc(N(c2c3ccccc3cc3oc4ccccc4c23)c2cccc3c2c2ccccc2n3-c2ccc3ccccc3c2)cc1. The molecule has 3 heteroatoms. The Bertz CT molecular complexity index is 2810. The molecule has 0 radical (unpaired) electrons. The summed E-state index contributed by atoms with van der Waals surface area (Å²) in [7, 11) is 0. The lowest BCUT2D eigenvalue weighted by atomic mass is 10.00. The van der Waals surface area contributed by atoms with E-state index in [1.807, 2.05) is 6.07 Å². The molecule has 3 nitrogen and oxygen atoms in total. The van der Waals surface area contributed by atoms with E-state index in [4.69, 9.17) is 4.42 Å². The monoisotopic (exact) mass is 600 g/mol. The van der Waals surface area contributed by atoms with Crippen molar-refractivity contribution in [3.63, 3.8) is 0 Å². The first-order valence-electron chi connectivity index (χ1n) is 16.0. The van der Waals surface area contributed by atoms with E-state index in [0.717, 1.165) is 55.6 Å². The summed E-state index contributed by atoms with van der Waals surface area (Å²) in [6.45, 7) is 0. The van der Waals surface area contributed by atoms with E-state index in [2.05, 4.69) is 173 Å². The average Bonchev–Trinajstić information content (AvgIpc) is 3.67. The quantitative estimate of drug-likeness (QED) is 0.200. The van der Waals surface area contributed by atoms with Gasteiger partial charge in [0, 0.05) is 32.9 Å². The molecular formula is C44H28N2O. The van der Waals surface area contributed by atoms with Gasteiger partial charge >= 0.3 is 0 Å². The van der Waals surface area contributed by atoms with Gasteiger partial charge in [-0.15, -0.1) is 0 Å². The van der Waals surface area contributed by atoms with Gasteiger partial charge in [0.1, 0.15) is 11.2 Å². The van der Waals surface area contributed by atoms with Gasteiger partial charge in [0.05, 0.1) is 27.8 Å². The van der Waals surface area contributed by atoms with Crippen LogP contribution in [0.15, 0.2) is 174 Å². The largest absolute Gasteiger partial charge is 0.456 e. The fourth-order valence-electron chi connectivity index (χ4n) is 7.50. The molecule has 0 saturated heterocycles. The molecule has 47 heavy (non-hydrogen) atoms. The number of aromatic nitrogens is 1. The van der Waals surface area contributed by atoms with E-state index in [-0.39, 0.29) is 0 Å². The lowest BCUT2D eigenvalue weighted by molar-refractivity contribution is 0.669. The van der Waals surface area contributed by atoms with Crippen LogP contribution in [-0.4, -0.2) is 4.57 Å². The third kappa shape index (κ3) is 3.87. The summed E-state index contributed by atoms with van der Waals surface area (Å²) in [5.41, 5.74) is 8.57. The molecule has 0 fully saturated rings. The Kier molecular flexibility index (Phi) is 5.57. The summed E-state index contributed by atoms with van der Waals surface area (Å²) in [5.74, 6) is 0. The van der Waals surface area contributed by atoms with Crippen molar-refractivity contribution in [3.05, 3.63) is 170 Å². The van der Waals surface area contributed by atoms with Gasteiger partial charge in [-0.3, -0.25) is 0 Å². The van der Waals surface area contributed by atoms with Crippen LogP contribution in [0.25, 0.3) is 71.0 Å². The van der Waals surface area contributed by atoms with Crippen LogP contribution in [0.2, 0.25) is 0 Å². The van der Waals surface area contributed by atoms with E-state index in [1.54, 1.807) is 0 Å². The van der Waals surface area contributed by atoms with Crippen molar-refractivity contribution in [3.8, 4) is 5.69 Å². The number of nitrogens with zero attached hydrogens (tertiary/aromatic N) is 2. The maximum Gasteiger partial charge on any atom is 0.138 e. The molecule has 0 spiro atoms. The predicted molar refractivity (Wildman–Crippen MR) is 198 cm³/mol. The molecule has 0 N–H and O–H groups in total. The third-order valence-electron chi connectivity index (χ3n) is 9.51. The molecule has 0 bridgehead atoms. The highest BCUT2D eigenvalue weighted by Gasteiger charge is 2.25. The summed E-state index contributed by atoms with van der Waals surface area (Å²) >= 11 is 0. The average molecular weight is 601 g/mol. The van der Waals surface area contributed by atoms with Gasteiger partial charge in [-0.1, -0.05) is 115 Å². The Morgan fingerprint density at radius 2 is 1.11 bits per heavy atom. The molecule has 10 aromatic rings. The molecule has 2 aromatic heterocycles. The van der Waals surface area contributed by atoms with Gasteiger partial charge in [0.2, 0.25) is 0 Å². The normalized spacial score (nSPS) is 11.8. The second-order valence-corrected chi connectivity index (χ2v) is 12.1. The maximum absolute atomic E-state index is 6.55. The Hall–Kier alpha value is -6.32. The molecule has 220 valence electrons. The van der Waals surface area contributed by atoms with E-state index >= 15 is 0 Å². The zero-order valence-corrected chi connectivity index (χ0v) is 25.5. The second kappa shape index (κ2) is 10.1. The van der Waals surface area contributed by atoms with Crippen LogP contribution in [0.1, 0.15) is 0 Å². The smallest absolute Gasteiger partial charge is 0.138 e. The first kappa shape index (κ1) is 26.0. The van der Waals surface area contributed by atoms with Crippen molar-refractivity contribution >= 4 is 82.4 Å². The van der Waals surface area contributed by atoms with Crippen molar-refractivity contribution < 1.29 is 4.42 Å². The molecular weight excluding hydrogens is 572 g/mol. The summed E-state index contributed by atoms with van der Waals surface area (Å²) in [4.78, 5) is 2.45. The van der Waals surface area contributed by atoms with Crippen LogP contribution in [0.3, 0.4) is 0 Å². The number of para-hydroxylation sites is 3. The number of benzene rings is 8. The van der Waals surface area contributed by atoms with Crippen LogP contribution in [0.5, 0.6) is 0 Å². The lowest BCUT2D eigenvalue weighted by Crippen LogP contribution is -2.11. The molecule has 0 saturated carbocycles. The van der Waals surface area contributed by atoms with Gasteiger partial charge in [-0.05, 0) is 70.8 Å². The first-order chi connectivity index (χ1) is 23.3. The summed E-state index contributed by atoms with van der Waals surface area (Å²) in [6, 6.07) is 60.8. The van der Waals surface area contributed by atoms with E-state index in [9.17, 15) is 0 Å². The van der Waals surface area contributed by atoms with Crippen molar-refractivity contribution in [1.82, 2.24) is 4.57 Å². The molecule has 2 heterocycles. The minimum Gasteiger partial charge on any atom is -0.456 e. The zero-order valence-electron chi connectivity index (χ0n) is 25.5. The Balaban J connectivity index is 1.36. The summed E-state index contributed by atoms with van der Waals surface area (Å²) in [6.07, 6.45) is 0. The highest BCUT2D eigenvalue weighted by molar-refractivity contribution is 6.24. The number of furan rings is 1. The van der Waals surface area contributed by atoms with Crippen molar-refractivity contribution in [2.24, 2.45) is 0 Å². The van der Waals surface area contributed by atoms with Crippen LogP contribution < -0.4 is 4.90 Å². The van der Waals surface area contributed by atoms with Gasteiger partial charge in [0.25, 0.3) is 0 Å². The summed E-state index contributed by atoms with van der Waals surface area (Å²) < 4.78 is 8.96. The topological polar surface area (TPSA) is 21.3 Å². The van der Waals surface area contributed by atoms with Crippen LogP contribution in [-0.2, 0) is 0 Å². The van der Waals surface area contributed by atoms with Crippen molar-refractivity contribution in [1.29, 1.82) is 0 Å². The molecule has 0 aliphatic carbocycles. The molecule has 0 aliphatic rings. The maximum atomic E-state index is 6.55. The molecule has 0 atom stereocenters. The number of anilines is 3. The third-order valence-corrected chi connectivity index (χ3v) is 9.51. The van der Waals surface area contributed by atoms with Crippen molar-refractivity contribution in [2.75, 3.05) is 4.90 Å². The van der Waals surface area contributed by atoms with Gasteiger partial charge in [-0.25, -0.2) is 0 Å². The fourth-order valence-corrected chi connectivity index (χ4v) is 7.50. The number of hydrogen-bond acceptors (Lipinski definition) is 2. The standard InChI is InChI=1S/C44H28N2O/c1-2-16-32(17-3-1)46(44-34-18-7-6-15-31(34)28-41-43(44)36-20-9-11-24-40(36)47-41)39-23-12-22-38-42(39)35-19-8-10-21-37(35)45(38)33-26-25-29-13-4-5-14-30(29)27-33/h1-28H. The Morgan fingerprint density at radius 3 is 1.98 bits per heavy atom. The fraction of sp³-hybridized carbons (Fsp3) is 0.